The van der Waals surface area contributed by atoms with Gasteiger partial charge in [-0.15, -0.1) is 0 Å². The molecule has 2 aromatic heterocycles. The van der Waals surface area contributed by atoms with Crippen molar-refractivity contribution in [3.8, 4) is 0 Å². The lowest BCUT2D eigenvalue weighted by atomic mass is 10.2. The van der Waals surface area contributed by atoms with Crippen LogP contribution in [-0.4, -0.2) is 22.9 Å². The number of methoxy groups -OCH3 is 1. The van der Waals surface area contributed by atoms with Crippen LogP contribution < -0.4 is 0 Å². The summed E-state index contributed by atoms with van der Waals surface area (Å²) in [5, 5.41) is 4.11. The number of furan rings is 1. The van der Waals surface area contributed by atoms with Gasteiger partial charge in [-0.3, -0.25) is 4.68 Å². The van der Waals surface area contributed by atoms with Crippen LogP contribution in [0.2, 0.25) is 0 Å². The Morgan fingerprint density at radius 2 is 2.50 bits per heavy atom. The highest BCUT2D eigenvalue weighted by molar-refractivity contribution is 14.1. The van der Waals surface area contributed by atoms with E-state index in [0.717, 1.165) is 3.57 Å². The number of ether oxygens (including phenoxy) is 1. The number of halogens is 1. The van der Waals surface area contributed by atoms with Crippen molar-refractivity contribution in [3.63, 3.8) is 0 Å². The van der Waals surface area contributed by atoms with E-state index in [1.165, 1.54) is 13.4 Å². The van der Waals surface area contributed by atoms with E-state index < -0.39 is 5.97 Å². The molecule has 0 saturated carbocycles. The third kappa shape index (κ3) is 2.26. The molecule has 2 rings (SSSR count). The molecule has 0 radical (unpaired) electrons. The highest BCUT2D eigenvalue weighted by atomic mass is 127. The molecule has 0 amide bonds. The number of carbonyl (C=O) groups is 1. The Hall–Kier alpha value is -1.31. The first-order chi connectivity index (χ1) is 7.70. The van der Waals surface area contributed by atoms with Crippen molar-refractivity contribution >= 4 is 28.6 Å². The Kier molecular flexibility index (Phi) is 3.28. The van der Waals surface area contributed by atoms with Crippen LogP contribution in [0.1, 0.15) is 16.1 Å². The Labute approximate surface area is 106 Å². The van der Waals surface area contributed by atoms with Crippen LogP contribution >= 0.6 is 22.6 Å². The zero-order valence-corrected chi connectivity index (χ0v) is 10.7. The molecule has 0 fully saturated rings. The van der Waals surface area contributed by atoms with Crippen LogP contribution in [0.5, 0.6) is 0 Å². The zero-order chi connectivity index (χ0) is 11.5. The number of hydrogen-bond donors (Lipinski definition) is 0. The second-order valence-corrected chi connectivity index (χ2v) is 4.35. The van der Waals surface area contributed by atoms with E-state index in [0.29, 0.717) is 17.9 Å². The van der Waals surface area contributed by atoms with E-state index in [-0.39, 0.29) is 0 Å². The van der Waals surface area contributed by atoms with Crippen molar-refractivity contribution in [2.45, 2.75) is 6.54 Å². The zero-order valence-electron chi connectivity index (χ0n) is 8.51. The number of carbonyl (C=O) groups excluding carboxylic acids is 1. The smallest absolute Gasteiger partial charge is 0.341 e. The van der Waals surface area contributed by atoms with Crippen LogP contribution in [-0.2, 0) is 11.3 Å². The van der Waals surface area contributed by atoms with Crippen molar-refractivity contribution in [2.24, 2.45) is 0 Å². The van der Waals surface area contributed by atoms with E-state index in [1.54, 1.807) is 16.9 Å². The fourth-order valence-corrected chi connectivity index (χ4v) is 1.77. The predicted octanol–water partition coefficient (Wildman–Crippen LogP) is 1.92. The number of aromatic nitrogens is 2. The monoisotopic (exact) mass is 332 g/mol. The van der Waals surface area contributed by atoms with Crippen LogP contribution in [0.15, 0.2) is 29.1 Å². The van der Waals surface area contributed by atoms with Crippen LogP contribution in [0, 0.1) is 3.57 Å². The van der Waals surface area contributed by atoms with Gasteiger partial charge in [-0.25, -0.2) is 4.79 Å². The summed E-state index contributed by atoms with van der Waals surface area (Å²) in [6, 6.07) is 1.59. The van der Waals surface area contributed by atoms with Gasteiger partial charge in [-0.05, 0) is 28.7 Å². The van der Waals surface area contributed by atoms with Gasteiger partial charge in [0.25, 0.3) is 0 Å². The molecule has 16 heavy (non-hydrogen) atoms. The van der Waals surface area contributed by atoms with Crippen LogP contribution in [0.4, 0.5) is 0 Å². The molecule has 0 bridgehead atoms. The van der Waals surface area contributed by atoms with Gasteiger partial charge in [0.2, 0.25) is 0 Å². The van der Waals surface area contributed by atoms with E-state index >= 15 is 0 Å². The lowest BCUT2D eigenvalue weighted by Gasteiger charge is -2.01. The number of rotatable bonds is 3. The quantitative estimate of drug-likeness (QED) is 0.637. The van der Waals surface area contributed by atoms with Gasteiger partial charge >= 0.3 is 5.97 Å². The summed E-state index contributed by atoms with van der Waals surface area (Å²) in [7, 11) is 1.34. The third-order valence-corrected chi connectivity index (χ3v) is 2.62. The van der Waals surface area contributed by atoms with Crippen LogP contribution in [0.25, 0.3) is 0 Å². The summed E-state index contributed by atoms with van der Waals surface area (Å²) < 4.78 is 12.6. The molecule has 0 atom stereocenters. The highest BCUT2D eigenvalue weighted by Gasteiger charge is 2.15. The summed E-state index contributed by atoms with van der Waals surface area (Å²) in [5.41, 5.74) is 0.438. The lowest BCUT2D eigenvalue weighted by molar-refractivity contribution is 0.0598. The average Bonchev–Trinajstić information content (AvgIpc) is 2.87. The molecule has 0 aromatic carbocycles. The normalized spacial score (nSPS) is 10.4. The van der Waals surface area contributed by atoms with Crippen molar-refractivity contribution in [3.05, 3.63) is 39.6 Å². The lowest BCUT2D eigenvalue weighted by Crippen LogP contribution is -2.07. The largest absolute Gasteiger partial charge is 0.466 e. The minimum Gasteiger partial charge on any atom is -0.466 e. The molecule has 5 nitrogen and oxygen atoms in total. The van der Waals surface area contributed by atoms with Gasteiger partial charge in [0.15, 0.2) is 0 Å². The maximum atomic E-state index is 11.4. The minimum absolute atomic E-state index is 0.398. The fraction of sp³-hybridized carbons (Fsp3) is 0.200. The van der Waals surface area contributed by atoms with Gasteiger partial charge in [-0.1, -0.05) is 0 Å². The van der Waals surface area contributed by atoms with Crippen molar-refractivity contribution in [1.29, 1.82) is 0 Å². The summed E-state index contributed by atoms with van der Waals surface area (Å²) in [6.45, 7) is 0.417. The molecule has 2 aromatic rings. The number of nitrogens with zero attached hydrogens (tertiary/aromatic N) is 2. The molecule has 0 aliphatic rings. The van der Waals surface area contributed by atoms with Gasteiger partial charge in [0.05, 0.1) is 29.7 Å². The van der Waals surface area contributed by atoms with E-state index in [9.17, 15) is 4.79 Å². The minimum atomic E-state index is -0.398. The van der Waals surface area contributed by atoms with Gasteiger partial charge in [0.1, 0.15) is 11.3 Å². The van der Waals surface area contributed by atoms with E-state index in [2.05, 4.69) is 32.4 Å². The summed E-state index contributed by atoms with van der Waals surface area (Å²) in [4.78, 5) is 11.4. The third-order valence-electron chi connectivity index (χ3n) is 2.06. The molecular formula is C10H9IN2O3. The SMILES string of the molecule is COC(=O)c1ccoc1Cn1cc(I)cn1. The summed E-state index contributed by atoms with van der Waals surface area (Å²) >= 11 is 2.17. The maximum Gasteiger partial charge on any atom is 0.341 e. The standard InChI is InChI=1S/C10H9IN2O3/c1-15-10(14)8-2-3-16-9(8)6-13-5-7(11)4-12-13/h2-5H,6H2,1H3. The average molecular weight is 332 g/mol. The molecular weight excluding hydrogens is 323 g/mol. The topological polar surface area (TPSA) is 57.3 Å². The first-order valence-electron chi connectivity index (χ1n) is 4.53. The Morgan fingerprint density at radius 3 is 3.12 bits per heavy atom. The predicted molar refractivity (Wildman–Crippen MR) is 64.1 cm³/mol. The van der Waals surface area contributed by atoms with Crippen molar-refractivity contribution < 1.29 is 13.9 Å². The summed E-state index contributed by atoms with van der Waals surface area (Å²) in [6.07, 6.45) is 5.07. The van der Waals surface area contributed by atoms with Gasteiger partial charge < -0.3 is 9.15 Å². The molecule has 84 valence electrons. The molecule has 0 aliphatic heterocycles. The van der Waals surface area contributed by atoms with Gasteiger partial charge in [-0.2, -0.15) is 5.10 Å². The van der Waals surface area contributed by atoms with Crippen molar-refractivity contribution in [1.82, 2.24) is 9.78 Å². The Balaban J connectivity index is 2.22. The first kappa shape index (κ1) is 11.2. The molecule has 0 spiro atoms. The Morgan fingerprint density at radius 1 is 1.69 bits per heavy atom. The van der Waals surface area contributed by atoms with Gasteiger partial charge in [0, 0.05) is 6.20 Å². The number of esters is 1. The van der Waals surface area contributed by atoms with Crippen molar-refractivity contribution in [2.75, 3.05) is 7.11 Å². The van der Waals surface area contributed by atoms with E-state index in [1.807, 2.05) is 6.20 Å². The maximum absolute atomic E-state index is 11.4. The summed E-state index contributed by atoms with van der Waals surface area (Å²) in [5.74, 6) is 0.150. The second kappa shape index (κ2) is 4.69. The molecule has 0 N–H and O–H groups in total. The molecule has 2 heterocycles. The molecule has 0 saturated heterocycles. The molecule has 6 heteroatoms. The molecule has 0 aliphatic carbocycles. The fourth-order valence-electron chi connectivity index (χ4n) is 1.33. The Bertz CT molecular complexity index is 504. The molecule has 0 unspecified atom stereocenters. The van der Waals surface area contributed by atoms with E-state index in [4.69, 9.17) is 4.42 Å². The second-order valence-electron chi connectivity index (χ2n) is 3.11. The highest BCUT2D eigenvalue weighted by Crippen LogP contribution is 2.13. The van der Waals surface area contributed by atoms with Crippen LogP contribution in [0.3, 0.4) is 0 Å². The first-order valence-corrected chi connectivity index (χ1v) is 5.61. The number of hydrogen-bond acceptors (Lipinski definition) is 4.